The zero-order valence-electron chi connectivity index (χ0n) is 24.8. The molecule has 0 aliphatic carbocycles. The van der Waals surface area contributed by atoms with E-state index >= 15 is 0 Å². The number of likely N-dealkylation sites (tertiary alicyclic amines) is 1. The number of aromatic nitrogens is 1. The largest absolute Gasteiger partial charge is 0.365 e. The molecule has 1 unspecified atom stereocenters. The van der Waals surface area contributed by atoms with Gasteiger partial charge in [0.05, 0.1) is 35.6 Å². The van der Waals surface area contributed by atoms with Crippen LogP contribution in [-0.4, -0.2) is 66.1 Å². The van der Waals surface area contributed by atoms with E-state index in [4.69, 9.17) is 11.6 Å². The van der Waals surface area contributed by atoms with Gasteiger partial charge in [-0.15, -0.1) is 0 Å². The lowest BCUT2D eigenvalue weighted by Gasteiger charge is -2.41. The van der Waals surface area contributed by atoms with Crippen LogP contribution in [0.1, 0.15) is 29.7 Å². The van der Waals surface area contributed by atoms with Crippen molar-refractivity contribution in [1.82, 2.24) is 14.4 Å². The van der Waals surface area contributed by atoms with E-state index in [-0.39, 0.29) is 29.6 Å². The van der Waals surface area contributed by atoms with Crippen LogP contribution in [0.2, 0.25) is 5.02 Å². The Hall–Kier alpha value is -4.57. The van der Waals surface area contributed by atoms with Crippen LogP contribution in [0, 0.1) is 22.7 Å². The molecule has 2 saturated heterocycles. The molecule has 1 amide bonds. The maximum atomic E-state index is 14.3. The Kier molecular flexibility index (Phi) is 8.18. The summed E-state index contributed by atoms with van der Waals surface area (Å²) in [6.07, 6.45) is 5.27. The van der Waals surface area contributed by atoms with E-state index in [1.807, 2.05) is 33.7 Å². The van der Waals surface area contributed by atoms with E-state index in [0.717, 1.165) is 47.1 Å². The fourth-order valence-electron chi connectivity index (χ4n) is 7.04. The molecule has 2 aromatic carbocycles. The third kappa shape index (κ3) is 5.13. The van der Waals surface area contributed by atoms with Gasteiger partial charge in [0.25, 0.3) is 5.56 Å². The Morgan fingerprint density at radius 2 is 1.89 bits per heavy atom. The SMILES string of the molecule is C=CC(=O)N1CCN(c2c3c(n(CC4CCCN4C)c(=O)c2C#N)CN(c2cccc4cccc(Cl)c24)CC3)CC1=CC#N. The first-order valence-electron chi connectivity index (χ1n) is 14.9. The number of carbonyl (C=O) groups excluding carboxylic acids is 1. The maximum Gasteiger partial charge on any atom is 0.270 e. The van der Waals surface area contributed by atoms with Crippen molar-refractivity contribution >= 4 is 39.7 Å². The van der Waals surface area contributed by atoms with Crippen molar-refractivity contribution in [3.8, 4) is 12.1 Å². The molecule has 6 rings (SSSR count). The number of piperazine rings is 1. The standard InChI is InChI=1S/C34H34ClN7O2/c1-3-31(43)41-18-17-40(20-25(41)12-14-36)33-26-13-16-39(29-11-5-8-23-7-4-10-28(35)32(23)29)22-30(26)42(34(44)27(33)19-37)21-24-9-6-15-38(24)2/h3-5,7-8,10-12,24H,1,6,9,13,15-18,20-22H2,2H3. The van der Waals surface area contributed by atoms with E-state index in [0.29, 0.717) is 55.6 Å². The number of carbonyl (C=O) groups is 1. The molecule has 1 atom stereocenters. The van der Waals surface area contributed by atoms with Gasteiger partial charge in [0.1, 0.15) is 11.6 Å². The molecule has 9 nitrogen and oxygen atoms in total. The molecule has 44 heavy (non-hydrogen) atoms. The molecule has 10 heteroatoms. The number of pyridine rings is 1. The van der Waals surface area contributed by atoms with Crippen LogP contribution in [-0.2, 0) is 24.3 Å². The Morgan fingerprint density at radius 3 is 2.59 bits per heavy atom. The van der Waals surface area contributed by atoms with Crippen molar-refractivity contribution in [3.05, 3.63) is 93.0 Å². The van der Waals surface area contributed by atoms with E-state index in [1.165, 1.54) is 17.1 Å². The fraction of sp³-hybridized carbons (Fsp3) is 0.353. The third-order valence-corrected chi connectivity index (χ3v) is 9.57. The second kappa shape index (κ2) is 12.2. The van der Waals surface area contributed by atoms with Gasteiger partial charge in [-0.25, -0.2) is 0 Å². The summed E-state index contributed by atoms with van der Waals surface area (Å²) in [5.41, 5.74) is 3.84. The second-order valence-corrected chi connectivity index (χ2v) is 12.0. The Bertz CT molecular complexity index is 1830. The summed E-state index contributed by atoms with van der Waals surface area (Å²) in [4.78, 5) is 34.9. The maximum absolute atomic E-state index is 14.3. The number of rotatable bonds is 5. The number of nitrogens with zero attached hydrogens (tertiary/aromatic N) is 7. The number of likely N-dealkylation sites (N-methyl/N-ethyl adjacent to an activating group) is 1. The molecule has 1 aromatic heterocycles. The van der Waals surface area contributed by atoms with Crippen molar-refractivity contribution in [2.75, 3.05) is 49.6 Å². The predicted octanol–water partition coefficient (Wildman–Crippen LogP) is 4.43. The van der Waals surface area contributed by atoms with Crippen molar-refractivity contribution in [2.24, 2.45) is 0 Å². The summed E-state index contributed by atoms with van der Waals surface area (Å²) in [6.45, 7) is 7.21. The lowest BCUT2D eigenvalue weighted by atomic mass is 9.96. The van der Waals surface area contributed by atoms with Gasteiger partial charge in [-0.1, -0.05) is 42.4 Å². The monoisotopic (exact) mass is 607 g/mol. The van der Waals surface area contributed by atoms with Gasteiger partial charge in [0.2, 0.25) is 5.91 Å². The highest BCUT2D eigenvalue weighted by Gasteiger charge is 2.34. The number of anilines is 2. The van der Waals surface area contributed by atoms with Gasteiger partial charge in [-0.3, -0.25) is 9.59 Å². The Balaban J connectivity index is 1.49. The molecule has 3 aromatic rings. The molecule has 0 N–H and O–H groups in total. The number of fused-ring (bicyclic) bond motifs is 2. The lowest BCUT2D eigenvalue weighted by molar-refractivity contribution is -0.124. The van der Waals surface area contributed by atoms with E-state index in [9.17, 15) is 20.1 Å². The molecule has 4 heterocycles. The lowest BCUT2D eigenvalue weighted by Crippen LogP contribution is -2.49. The molecular weight excluding hydrogens is 574 g/mol. The number of nitriles is 2. The number of hydrogen-bond donors (Lipinski definition) is 0. The highest BCUT2D eigenvalue weighted by Crippen LogP contribution is 2.38. The highest BCUT2D eigenvalue weighted by molar-refractivity contribution is 6.36. The minimum absolute atomic E-state index is 0.117. The first-order valence-corrected chi connectivity index (χ1v) is 15.3. The normalized spacial score (nSPS) is 19.6. The second-order valence-electron chi connectivity index (χ2n) is 11.6. The van der Waals surface area contributed by atoms with Crippen molar-refractivity contribution in [2.45, 2.75) is 38.4 Å². The first-order chi connectivity index (χ1) is 21.4. The topological polar surface area (TPSA) is 99.6 Å². The van der Waals surface area contributed by atoms with E-state index in [1.54, 1.807) is 0 Å². The van der Waals surface area contributed by atoms with Gasteiger partial charge in [-0.05, 0) is 56.4 Å². The molecule has 0 bridgehead atoms. The average Bonchev–Trinajstić information content (AvgIpc) is 3.45. The molecule has 2 fully saturated rings. The zero-order valence-corrected chi connectivity index (χ0v) is 25.6. The Morgan fingerprint density at radius 1 is 1.09 bits per heavy atom. The smallest absolute Gasteiger partial charge is 0.270 e. The predicted molar refractivity (Wildman–Crippen MR) is 173 cm³/mol. The zero-order chi connectivity index (χ0) is 31.0. The summed E-state index contributed by atoms with van der Waals surface area (Å²) >= 11 is 6.73. The number of amides is 1. The molecular formula is C34H34ClN7O2. The highest BCUT2D eigenvalue weighted by atomic mass is 35.5. The minimum Gasteiger partial charge on any atom is -0.365 e. The van der Waals surface area contributed by atoms with Crippen LogP contribution in [0.5, 0.6) is 0 Å². The summed E-state index contributed by atoms with van der Waals surface area (Å²) in [5, 5.41) is 22.6. The number of benzene rings is 2. The van der Waals surface area contributed by atoms with Crippen LogP contribution in [0.15, 0.2) is 65.6 Å². The minimum atomic E-state index is -0.297. The molecule has 0 radical (unpaired) electrons. The molecule has 3 aliphatic heterocycles. The quantitative estimate of drug-likeness (QED) is 0.313. The molecule has 0 saturated carbocycles. The third-order valence-electron chi connectivity index (χ3n) is 9.26. The summed E-state index contributed by atoms with van der Waals surface area (Å²) in [5.74, 6) is -0.283. The van der Waals surface area contributed by atoms with Crippen molar-refractivity contribution in [3.63, 3.8) is 0 Å². The van der Waals surface area contributed by atoms with E-state index < -0.39 is 0 Å². The van der Waals surface area contributed by atoms with Crippen LogP contribution in [0.25, 0.3) is 10.8 Å². The number of halogens is 1. The molecule has 0 spiro atoms. The van der Waals surface area contributed by atoms with Gasteiger partial charge in [0.15, 0.2) is 0 Å². The van der Waals surface area contributed by atoms with Crippen molar-refractivity contribution in [1.29, 1.82) is 10.5 Å². The van der Waals surface area contributed by atoms with Gasteiger partial charge >= 0.3 is 0 Å². The van der Waals surface area contributed by atoms with Crippen LogP contribution >= 0.6 is 11.6 Å². The van der Waals surface area contributed by atoms with Crippen LogP contribution in [0.4, 0.5) is 11.4 Å². The number of allylic oxidation sites excluding steroid dienone is 1. The first kappa shape index (κ1) is 29.5. The summed E-state index contributed by atoms with van der Waals surface area (Å²) in [6, 6.07) is 16.6. The van der Waals surface area contributed by atoms with Crippen LogP contribution < -0.4 is 15.4 Å². The van der Waals surface area contributed by atoms with Gasteiger partial charge < -0.3 is 24.2 Å². The fourth-order valence-corrected chi connectivity index (χ4v) is 7.32. The van der Waals surface area contributed by atoms with E-state index in [2.05, 4.69) is 47.7 Å². The van der Waals surface area contributed by atoms with Gasteiger partial charge in [0, 0.05) is 60.6 Å². The van der Waals surface area contributed by atoms with Crippen LogP contribution in [0.3, 0.4) is 0 Å². The summed E-state index contributed by atoms with van der Waals surface area (Å²) < 4.78 is 1.84. The number of hydrogen-bond acceptors (Lipinski definition) is 7. The molecule has 3 aliphatic rings. The summed E-state index contributed by atoms with van der Waals surface area (Å²) in [7, 11) is 2.09. The van der Waals surface area contributed by atoms with Gasteiger partial charge in [-0.2, -0.15) is 10.5 Å². The Labute approximate surface area is 262 Å². The average molecular weight is 608 g/mol. The van der Waals surface area contributed by atoms with Crippen molar-refractivity contribution < 1.29 is 4.79 Å². The molecule has 224 valence electrons.